The van der Waals surface area contributed by atoms with Crippen molar-refractivity contribution >= 4 is 42.6 Å². The van der Waals surface area contributed by atoms with Crippen molar-refractivity contribution in [1.29, 1.82) is 0 Å². The van der Waals surface area contributed by atoms with Gasteiger partial charge in [0.1, 0.15) is 5.82 Å². The molecule has 1 aliphatic rings. The number of piperidine rings is 1. The molecule has 146 valence electrons. The van der Waals surface area contributed by atoms with Gasteiger partial charge in [0.15, 0.2) is 5.13 Å². The van der Waals surface area contributed by atoms with Crippen LogP contribution in [0.1, 0.15) is 29.6 Å². The molecular weight excluding hydrogens is 401 g/mol. The van der Waals surface area contributed by atoms with E-state index in [1.807, 2.05) is 0 Å². The summed E-state index contributed by atoms with van der Waals surface area (Å²) in [6, 6.07) is 10.2. The van der Waals surface area contributed by atoms with E-state index in [0.717, 1.165) is 30.6 Å². The lowest BCUT2D eigenvalue weighted by Gasteiger charge is -2.26. The summed E-state index contributed by atoms with van der Waals surface area (Å²) in [5, 5.41) is 2.99. The van der Waals surface area contributed by atoms with E-state index in [0.29, 0.717) is 28.4 Å². The lowest BCUT2D eigenvalue weighted by molar-refractivity contribution is 0.102. The van der Waals surface area contributed by atoms with Crippen LogP contribution in [0.2, 0.25) is 0 Å². The van der Waals surface area contributed by atoms with Crippen molar-refractivity contribution in [3.05, 3.63) is 53.8 Å². The Morgan fingerprint density at radius 2 is 1.89 bits per heavy atom. The molecule has 0 atom stereocenters. The zero-order valence-electron chi connectivity index (χ0n) is 14.9. The third kappa shape index (κ3) is 3.78. The van der Waals surface area contributed by atoms with Crippen LogP contribution >= 0.6 is 11.3 Å². The third-order valence-electron chi connectivity index (χ3n) is 4.62. The molecule has 6 nitrogen and oxygen atoms in total. The fraction of sp³-hybridized carbons (Fsp3) is 0.263. The second-order valence-electron chi connectivity index (χ2n) is 6.58. The normalized spacial score (nSPS) is 15.6. The number of carbonyl (C=O) groups excluding carboxylic acids is 1. The number of nitrogens with one attached hydrogen (secondary N) is 1. The van der Waals surface area contributed by atoms with Crippen LogP contribution < -0.4 is 5.32 Å². The molecule has 0 saturated carbocycles. The van der Waals surface area contributed by atoms with E-state index >= 15 is 0 Å². The molecule has 1 amide bonds. The zero-order valence-corrected chi connectivity index (χ0v) is 16.5. The van der Waals surface area contributed by atoms with Crippen LogP contribution in [0.15, 0.2) is 47.4 Å². The van der Waals surface area contributed by atoms with Gasteiger partial charge in [-0.05, 0) is 49.2 Å². The topological polar surface area (TPSA) is 79.4 Å². The smallest absolute Gasteiger partial charge is 0.257 e. The number of aromatic nitrogens is 1. The Balaban J connectivity index is 1.57. The van der Waals surface area contributed by atoms with Crippen LogP contribution in [0.4, 0.5) is 9.52 Å². The molecule has 0 spiro atoms. The van der Waals surface area contributed by atoms with Crippen LogP contribution in [-0.4, -0.2) is 36.7 Å². The minimum Gasteiger partial charge on any atom is -0.298 e. The monoisotopic (exact) mass is 419 g/mol. The van der Waals surface area contributed by atoms with Crippen molar-refractivity contribution in [1.82, 2.24) is 9.29 Å². The van der Waals surface area contributed by atoms with Crippen molar-refractivity contribution < 1.29 is 17.6 Å². The number of hydrogen-bond acceptors (Lipinski definition) is 5. The van der Waals surface area contributed by atoms with Gasteiger partial charge < -0.3 is 0 Å². The third-order valence-corrected chi connectivity index (χ3v) is 7.45. The molecule has 9 heteroatoms. The molecule has 2 heterocycles. The predicted octanol–water partition coefficient (Wildman–Crippen LogP) is 3.86. The molecule has 0 radical (unpaired) electrons. The highest BCUT2D eigenvalue weighted by atomic mass is 32.2. The summed E-state index contributed by atoms with van der Waals surface area (Å²) in [6.45, 7) is 1.00. The lowest BCUT2D eigenvalue weighted by Crippen LogP contribution is -2.35. The van der Waals surface area contributed by atoms with Crippen molar-refractivity contribution in [3.8, 4) is 0 Å². The molecule has 1 saturated heterocycles. The number of fused-ring (bicyclic) bond motifs is 1. The zero-order chi connectivity index (χ0) is 19.7. The average molecular weight is 420 g/mol. The minimum atomic E-state index is -3.62. The van der Waals surface area contributed by atoms with E-state index in [-0.39, 0.29) is 16.3 Å². The van der Waals surface area contributed by atoms with Crippen molar-refractivity contribution in [2.24, 2.45) is 0 Å². The summed E-state index contributed by atoms with van der Waals surface area (Å²) in [6.07, 6.45) is 2.72. The van der Waals surface area contributed by atoms with Gasteiger partial charge in [0.2, 0.25) is 10.0 Å². The summed E-state index contributed by atoms with van der Waals surface area (Å²) in [7, 11) is -3.62. The van der Waals surface area contributed by atoms with Gasteiger partial charge in [-0.25, -0.2) is 17.8 Å². The molecule has 0 bridgehead atoms. The number of rotatable bonds is 4. The maximum absolute atomic E-state index is 13.3. The summed E-state index contributed by atoms with van der Waals surface area (Å²) in [4.78, 5) is 16.9. The number of amides is 1. The Labute approximate surface area is 166 Å². The second-order valence-corrected chi connectivity index (χ2v) is 9.55. The average Bonchev–Trinajstić information content (AvgIpc) is 3.10. The van der Waals surface area contributed by atoms with E-state index in [1.54, 1.807) is 18.2 Å². The standard InChI is InChI=1S/C19H18FN3O3S2/c20-14-7-8-16-17(12-14)27-19(21-16)22-18(24)13-5-4-6-15(11-13)28(25,26)23-9-2-1-3-10-23/h4-8,11-12H,1-3,9-10H2,(H,21,22,24). The summed E-state index contributed by atoms with van der Waals surface area (Å²) >= 11 is 1.16. The predicted molar refractivity (Wildman–Crippen MR) is 107 cm³/mol. The van der Waals surface area contributed by atoms with Crippen molar-refractivity contribution in [3.63, 3.8) is 0 Å². The first-order valence-corrected chi connectivity index (χ1v) is 11.2. The molecule has 0 unspecified atom stereocenters. The molecule has 1 aliphatic heterocycles. The number of hydrogen-bond donors (Lipinski definition) is 1. The molecule has 4 rings (SSSR count). The SMILES string of the molecule is O=C(Nc1nc2ccc(F)cc2s1)c1cccc(S(=O)(=O)N2CCCCC2)c1. The Morgan fingerprint density at radius 3 is 2.68 bits per heavy atom. The lowest BCUT2D eigenvalue weighted by atomic mass is 10.2. The highest BCUT2D eigenvalue weighted by Crippen LogP contribution is 2.27. The van der Waals surface area contributed by atoms with E-state index in [4.69, 9.17) is 0 Å². The van der Waals surface area contributed by atoms with Crippen LogP contribution in [-0.2, 0) is 10.0 Å². The fourth-order valence-corrected chi connectivity index (χ4v) is 5.62. The number of carbonyl (C=O) groups is 1. The number of sulfonamides is 1. The first kappa shape index (κ1) is 19.0. The first-order chi connectivity index (χ1) is 13.4. The van der Waals surface area contributed by atoms with Gasteiger partial charge in [-0.2, -0.15) is 4.31 Å². The van der Waals surface area contributed by atoms with Crippen molar-refractivity contribution in [2.45, 2.75) is 24.2 Å². The maximum Gasteiger partial charge on any atom is 0.257 e. The Hall–Kier alpha value is -2.36. The van der Waals surface area contributed by atoms with Gasteiger partial charge in [-0.3, -0.25) is 10.1 Å². The number of thiazole rings is 1. The number of anilines is 1. The maximum atomic E-state index is 13.3. The van der Waals surface area contributed by atoms with Crippen molar-refractivity contribution in [2.75, 3.05) is 18.4 Å². The summed E-state index contributed by atoms with van der Waals surface area (Å²) in [5.41, 5.74) is 0.812. The fourth-order valence-electron chi connectivity index (χ4n) is 3.17. The van der Waals surface area contributed by atoms with Gasteiger partial charge in [-0.1, -0.05) is 23.8 Å². The Bertz CT molecular complexity index is 1140. The molecule has 0 aliphatic carbocycles. The largest absolute Gasteiger partial charge is 0.298 e. The van der Waals surface area contributed by atoms with Gasteiger partial charge in [0.05, 0.1) is 15.1 Å². The molecule has 2 aromatic carbocycles. The van der Waals surface area contributed by atoms with Gasteiger partial charge in [0, 0.05) is 18.7 Å². The Kier molecular flexibility index (Phi) is 5.13. The van der Waals surface area contributed by atoms with E-state index in [2.05, 4.69) is 10.3 Å². The summed E-state index contributed by atoms with van der Waals surface area (Å²) < 4.78 is 41.0. The van der Waals surface area contributed by atoms with Gasteiger partial charge >= 0.3 is 0 Å². The van der Waals surface area contributed by atoms with Crippen LogP contribution in [0.25, 0.3) is 10.2 Å². The molecule has 3 aromatic rings. The highest BCUT2D eigenvalue weighted by molar-refractivity contribution is 7.89. The Morgan fingerprint density at radius 1 is 1.11 bits per heavy atom. The number of benzene rings is 2. The molecule has 28 heavy (non-hydrogen) atoms. The molecule has 1 N–H and O–H groups in total. The second kappa shape index (κ2) is 7.57. The van der Waals surface area contributed by atoms with E-state index < -0.39 is 15.9 Å². The number of halogens is 1. The molecular formula is C19H18FN3O3S2. The first-order valence-electron chi connectivity index (χ1n) is 8.91. The van der Waals surface area contributed by atoms with Gasteiger partial charge in [-0.15, -0.1) is 0 Å². The van der Waals surface area contributed by atoms with Gasteiger partial charge in [0.25, 0.3) is 5.91 Å². The van der Waals surface area contributed by atoms with E-state index in [9.17, 15) is 17.6 Å². The van der Waals surface area contributed by atoms with Crippen LogP contribution in [0.3, 0.4) is 0 Å². The molecule has 1 fully saturated rings. The van der Waals surface area contributed by atoms with Crippen LogP contribution in [0, 0.1) is 5.82 Å². The minimum absolute atomic E-state index is 0.105. The van der Waals surface area contributed by atoms with Crippen LogP contribution in [0.5, 0.6) is 0 Å². The summed E-state index contributed by atoms with van der Waals surface area (Å²) in [5.74, 6) is -0.833. The number of nitrogens with zero attached hydrogens (tertiary/aromatic N) is 2. The molecule has 1 aromatic heterocycles. The highest BCUT2D eigenvalue weighted by Gasteiger charge is 2.26. The quantitative estimate of drug-likeness (QED) is 0.696. The van der Waals surface area contributed by atoms with E-state index in [1.165, 1.54) is 28.6 Å².